The number of hydrogen-bond donors (Lipinski definition) is 1. The molecular formula is C11H9FN2O. The summed E-state index contributed by atoms with van der Waals surface area (Å²) in [4.78, 5) is 7.94. The van der Waals surface area contributed by atoms with Gasteiger partial charge in [-0.2, -0.15) is 0 Å². The van der Waals surface area contributed by atoms with E-state index in [4.69, 9.17) is 5.11 Å². The molecule has 0 radical (unpaired) electrons. The molecule has 0 amide bonds. The molecule has 1 N–H and O–H groups in total. The standard InChI is InChI=1S/C11H9FN2O/c12-10-4-2-1-3-9(10)11-13-5-8(7-15)6-14-11/h1-6,15H,7H2. The van der Waals surface area contributed by atoms with Gasteiger partial charge in [0.1, 0.15) is 5.82 Å². The fourth-order valence-corrected chi connectivity index (χ4v) is 1.22. The van der Waals surface area contributed by atoms with E-state index in [-0.39, 0.29) is 12.4 Å². The zero-order valence-corrected chi connectivity index (χ0v) is 7.89. The van der Waals surface area contributed by atoms with E-state index in [0.29, 0.717) is 17.0 Å². The molecule has 0 aliphatic heterocycles. The zero-order valence-electron chi connectivity index (χ0n) is 7.89. The highest BCUT2D eigenvalue weighted by molar-refractivity contribution is 5.55. The number of nitrogens with zero attached hydrogens (tertiary/aromatic N) is 2. The summed E-state index contributed by atoms with van der Waals surface area (Å²) in [5, 5.41) is 8.80. The van der Waals surface area contributed by atoms with E-state index in [1.165, 1.54) is 18.5 Å². The van der Waals surface area contributed by atoms with Crippen molar-refractivity contribution in [2.75, 3.05) is 0 Å². The van der Waals surface area contributed by atoms with Crippen LogP contribution in [0, 0.1) is 5.82 Å². The molecule has 0 aliphatic carbocycles. The monoisotopic (exact) mass is 204 g/mol. The maximum Gasteiger partial charge on any atom is 0.162 e. The Morgan fingerprint density at radius 3 is 2.40 bits per heavy atom. The van der Waals surface area contributed by atoms with Crippen molar-refractivity contribution in [2.45, 2.75) is 6.61 Å². The molecule has 0 aliphatic rings. The van der Waals surface area contributed by atoms with Crippen molar-refractivity contribution in [1.82, 2.24) is 9.97 Å². The molecule has 0 spiro atoms. The first-order chi connectivity index (χ1) is 7.31. The summed E-state index contributed by atoms with van der Waals surface area (Å²) in [5.74, 6) is -0.0282. The van der Waals surface area contributed by atoms with E-state index in [1.54, 1.807) is 18.2 Å². The maximum atomic E-state index is 13.3. The van der Waals surface area contributed by atoms with Crippen LogP contribution in [0.25, 0.3) is 11.4 Å². The summed E-state index contributed by atoms with van der Waals surface area (Å²) in [6.07, 6.45) is 2.96. The Bertz CT molecular complexity index is 456. The van der Waals surface area contributed by atoms with Crippen molar-refractivity contribution in [2.24, 2.45) is 0 Å². The minimum absolute atomic E-state index is 0.114. The maximum absolute atomic E-state index is 13.3. The number of halogens is 1. The van der Waals surface area contributed by atoms with Crippen LogP contribution in [0.4, 0.5) is 4.39 Å². The third kappa shape index (κ3) is 1.99. The molecule has 0 fully saturated rings. The molecule has 0 saturated carbocycles. The zero-order chi connectivity index (χ0) is 10.7. The van der Waals surface area contributed by atoms with E-state index >= 15 is 0 Å². The summed E-state index contributed by atoms with van der Waals surface area (Å²) < 4.78 is 13.3. The van der Waals surface area contributed by atoms with E-state index in [2.05, 4.69) is 9.97 Å². The predicted molar refractivity (Wildman–Crippen MR) is 53.3 cm³/mol. The lowest BCUT2D eigenvalue weighted by atomic mass is 10.2. The lowest BCUT2D eigenvalue weighted by Crippen LogP contribution is -1.94. The second-order valence-corrected chi connectivity index (χ2v) is 3.05. The van der Waals surface area contributed by atoms with Gasteiger partial charge in [-0.3, -0.25) is 0 Å². The van der Waals surface area contributed by atoms with Crippen molar-refractivity contribution in [3.05, 3.63) is 48.0 Å². The van der Waals surface area contributed by atoms with Gasteiger partial charge in [0.05, 0.1) is 12.2 Å². The second kappa shape index (κ2) is 4.14. The molecule has 2 aromatic rings. The third-order valence-corrected chi connectivity index (χ3v) is 2.00. The highest BCUT2D eigenvalue weighted by Gasteiger charge is 2.05. The van der Waals surface area contributed by atoms with E-state index in [9.17, 15) is 4.39 Å². The highest BCUT2D eigenvalue weighted by atomic mass is 19.1. The first-order valence-electron chi connectivity index (χ1n) is 4.48. The molecular weight excluding hydrogens is 195 g/mol. The number of hydrogen-bond acceptors (Lipinski definition) is 3. The predicted octanol–water partition coefficient (Wildman–Crippen LogP) is 1.77. The van der Waals surface area contributed by atoms with Crippen LogP contribution in [0.1, 0.15) is 5.56 Å². The Kier molecular flexibility index (Phi) is 2.69. The summed E-state index contributed by atoms with van der Waals surface area (Å²) in [6.45, 7) is -0.114. The van der Waals surface area contributed by atoms with E-state index in [0.717, 1.165) is 0 Å². The fraction of sp³-hybridized carbons (Fsp3) is 0.0909. The van der Waals surface area contributed by atoms with Gasteiger partial charge in [-0.1, -0.05) is 12.1 Å². The van der Waals surface area contributed by atoms with Crippen LogP contribution in [0.3, 0.4) is 0 Å². The lowest BCUT2D eigenvalue weighted by Gasteiger charge is -2.01. The topological polar surface area (TPSA) is 46.0 Å². The molecule has 0 unspecified atom stereocenters. The smallest absolute Gasteiger partial charge is 0.162 e. The van der Waals surface area contributed by atoms with Gasteiger partial charge in [0.15, 0.2) is 5.82 Å². The Balaban J connectivity index is 2.42. The number of benzene rings is 1. The van der Waals surface area contributed by atoms with Crippen molar-refractivity contribution in [3.63, 3.8) is 0 Å². The van der Waals surface area contributed by atoms with E-state index < -0.39 is 0 Å². The molecule has 0 bridgehead atoms. The van der Waals surface area contributed by atoms with Gasteiger partial charge in [0.2, 0.25) is 0 Å². The first-order valence-corrected chi connectivity index (χ1v) is 4.48. The summed E-state index contributed by atoms with van der Waals surface area (Å²) in [6, 6.07) is 6.31. The molecule has 2 rings (SSSR count). The summed E-state index contributed by atoms with van der Waals surface area (Å²) in [7, 11) is 0. The molecule has 1 aromatic heterocycles. The molecule has 1 heterocycles. The first kappa shape index (κ1) is 9.73. The molecule has 0 atom stereocenters. The van der Waals surface area contributed by atoms with Crippen LogP contribution in [0.15, 0.2) is 36.7 Å². The molecule has 1 aromatic carbocycles. The largest absolute Gasteiger partial charge is 0.392 e. The van der Waals surface area contributed by atoms with Crippen LogP contribution in [-0.4, -0.2) is 15.1 Å². The quantitative estimate of drug-likeness (QED) is 0.810. The summed E-state index contributed by atoms with van der Waals surface area (Å²) >= 11 is 0. The Morgan fingerprint density at radius 2 is 1.80 bits per heavy atom. The Morgan fingerprint density at radius 1 is 1.13 bits per heavy atom. The van der Waals surface area contributed by atoms with Crippen molar-refractivity contribution in [3.8, 4) is 11.4 Å². The summed E-state index contributed by atoms with van der Waals surface area (Å²) in [5.41, 5.74) is 0.970. The highest BCUT2D eigenvalue weighted by Crippen LogP contribution is 2.17. The SMILES string of the molecule is OCc1cnc(-c2ccccc2F)nc1. The van der Waals surface area contributed by atoms with Gasteiger partial charge in [0, 0.05) is 18.0 Å². The van der Waals surface area contributed by atoms with Crippen molar-refractivity contribution in [1.29, 1.82) is 0 Å². The van der Waals surface area contributed by atoms with Gasteiger partial charge in [-0.15, -0.1) is 0 Å². The van der Waals surface area contributed by atoms with Gasteiger partial charge in [-0.25, -0.2) is 14.4 Å². The average molecular weight is 204 g/mol. The number of aliphatic hydroxyl groups is 1. The van der Waals surface area contributed by atoms with Crippen molar-refractivity contribution < 1.29 is 9.50 Å². The number of rotatable bonds is 2. The molecule has 15 heavy (non-hydrogen) atoms. The van der Waals surface area contributed by atoms with Crippen LogP contribution in [-0.2, 0) is 6.61 Å². The Labute approximate surface area is 86.3 Å². The van der Waals surface area contributed by atoms with Crippen LogP contribution >= 0.6 is 0 Å². The second-order valence-electron chi connectivity index (χ2n) is 3.05. The molecule has 76 valence electrons. The number of aliphatic hydroxyl groups excluding tert-OH is 1. The lowest BCUT2D eigenvalue weighted by molar-refractivity contribution is 0.281. The Hall–Kier alpha value is -1.81. The minimum Gasteiger partial charge on any atom is -0.392 e. The third-order valence-electron chi connectivity index (χ3n) is 2.00. The van der Waals surface area contributed by atoms with Crippen molar-refractivity contribution >= 4 is 0 Å². The minimum atomic E-state index is -0.353. The van der Waals surface area contributed by atoms with Gasteiger partial charge < -0.3 is 5.11 Å². The van der Waals surface area contributed by atoms with Crippen LogP contribution in [0.5, 0.6) is 0 Å². The fourth-order valence-electron chi connectivity index (χ4n) is 1.22. The van der Waals surface area contributed by atoms with Crippen LogP contribution in [0.2, 0.25) is 0 Å². The normalized spacial score (nSPS) is 10.3. The molecule has 0 saturated heterocycles. The van der Waals surface area contributed by atoms with E-state index in [1.807, 2.05) is 0 Å². The van der Waals surface area contributed by atoms with Crippen LogP contribution < -0.4 is 0 Å². The van der Waals surface area contributed by atoms with Gasteiger partial charge in [-0.05, 0) is 12.1 Å². The average Bonchev–Trinajstić information content (AvgIpc) is 2.30. The van der Waals surface area contributed by atoms with Gasteiger partial charge >= 0.3 is 0 Å². The molecule has 4 heteroatoms. The molecule has 3 nitrogen and oxygen atoms in total. The van der Waals surface area contributed by atoms with Gasteiger partial charge in [0.25, 0.3) is 0 Å². The number of aromatic nitrogens is 2.